The van der Waals surface area contributed by atoms with Crippen LogP contribution in [-0.2, 0) is 0 Å². The van der Waals surface area contributed by atoms with Gasteiger partial charge in [-0.05, 0) is 61.0 Å². The van der Waals surface area contributed by atoms with E-state index in [1.807, 2.05) is 25.1 Å². The number of halogens is 2. The van der Waals surface area contributed by atoms with Crippen LogP contribution in [0.3, 0.4) is 0 Å². The zero-order valence-corrected chi connectivity index (χ0v) is 15.9. The Balaban J connectivity index is 1.73. The highest BCUT2D eigenvalue weighted by Crippen LogP contribution is 2.23. The van der Waals surface area contributed by atoms with Gasteiger partial charge in [-0.15, -0.1) is 0 Å². The van der Waals surface area contributed by atoms with Gasteiger partial charge in [0.25, 0.3) is 11.8 Å². The highest BCUT2D eigenvalue weighted by Gasteiger charge is 2.11. The predicted molar refractivity (Wildman–Crippen MR) is 110 cm³/mol. The molecule has 6 heteroatoms. The van der Waals surface area contributed by atoms with E-state index in [1.165, 1.54) is 0 Å². The summed E-state index contributed by atoms with van der Waals surface area (Å²) < 4.78 is 0. The van der Waals surface area contributed by atoms with Gasteiger partial charge < -0.3 is 10.6 Å². The molecule has 3 rings (SSSR count). The number of rotatable bonds is 4. The first-order chi connectivity index (χ1) is 12.9. The van der Waals surface area contributed by atoms with Gasteiger partial charge in [0.2, 0.25) is 0 Å². The summed E-state index contributed by atoms with van der Waals surface area (Å²) in [6.07, 6.45) is 0. The van der Waals surface area contributed by atoms with Crippen molar-refractivity contribution in [1.29, 1.82) is 0 Å². The van der Waals surface area contributed by atoms with Crippen molar-refractivity contribution in [2.45, 2.75) is 6.92 Å². The number of carbonyl (C=O) groups excluding carboxylic acids is 2. The monoisotopic (exact) mass is 398 g/mol. The van der Waals surface area contributed by atoms with E-state index >= 15 is 0 Å². The molecule has 3 aromatic carbocycles. The van der Waals surface area contributed by atoms with Crippen molar-refractivity contribution in [2.75, 3.05) is 10.6 Å². The Morgan fingerprint density at radius 3 is 2.00 bits per heavy atom. The van der Waals surface area contributed by atoms with E-state index in [1.54, 1.807) is 48.5 Å². The molecule has 0 saturated heterocycles. The molecule has 4 nitrogen and oxygen atoms in total. The lowest BCUT2D eigenvalue weighted by atomic mass is 10.1. The number of nitrogens with one attached hydrogen (secondary N) is 2. The lowest BCUT2D eigenvalue weighted by Gasteiger charge is -2.11. The Kier molecular flexibility index (Phi) is 5.79. The largest absolute Gasteiger partial charge is 0.322 e. The van der Waals surface area contributed by atoms with Gasteiger partial charge in [0.15, 0.2) is 0 Å². The molecule has 0 heterocycles. The highest BCUT2D eigenvalue weighted by atomic mass is 35.5. The molecule has 0 unspecified atom stereocenters. The lowest BCUT2D eigenvalue weighted by molar-refractivity contribution is 0.101. The third-order valence-corrected chi connectivity index (χ3v) is 4.33. The summed E-state index contributed by atoms with van der Waals surface area (Å²) in [7, 11) is 0. The number of anilines is 2. The van der Waals surface area contributed by atoms with Gasteiger partial charge in [-0.2, -0.15) is 0 Å². The normalized spacial score (nSPS) is 10.3. The molecule has 2 N–H and O–H groups in total. The molecule has 0 aliphatic rings. The number of hydrogen-bond donors (Lipinski definition) is 2. The molecular formula is C21H16Cl2N2O2. The van der Waals surface area contributed by atoms with Crippen LogP contribution < -0.4 is 10.6 Å². The summed E-state index contributed by atoms with van der Waals surface area (Å²) in [4.78, 5) is 24.7. The van der Waals surface area contributed by atoms with Crippen LogP contribution in [0.25, 0.3) is 0 Å². The van der Waals surface area contributed by atoms with E-state index in [4.69, 9.17) is 23.2 Å². The number of carbonyl (C=O) groups is 2. The quantitative estimate of drug-likeness (QED) is 0.582. The van der Waals surface area contributed by atoms with E-state index < -0.39 is 0 Å². The van der Waals surface area contributed by atoms with E-state index in [0.29, 0.717) is 32.5 Å². The van der Waals surface area contributed by atoms with Gasteiger partial charge in [0, 0.05) is 32.5 Å². The Bertz CT molecular complexity index is 984. The minimum absolute atomic E-state index is 0.191. The van der Waals surface area contributed by atoms with Crippen LogP contribution in [-0.4, -0.2) is 11.8 Å². The van der Waals surface area contributed by atoms with Gasteiger partial charge in [-0.3, -0.25) is 9.59 Å². The standard InChI is InChI=1S/C21H16Cl2N2O2/c1-13-9-18(24-21(27)15-10-16(22)12-17(23)11-15)7-8-19(13)25-20(26)14-5-3-2-4-6-14/h2-12H,1H3,(H,24,27)(H,25,26). The zero-order valence-electron chi connectivity index (χ0n) is 14.4. The summed E-state index contributed by atoms with van der Waals surface area (Å²) in [6, 6.07) is 18.9. The fourth-order valence-electron chi connectivity index (χ4n) is 2.55. The maximum atomic E-state index is 12.4. The fraction of sp³-hybridized carbons (Fsp3) is 0.0476. The predicted octanol–water partition coefficient (Wildman–Crippen LogP) is 5.81. The Morgan fingerprint density at radius 2 is 1.37 bits per heavy atom. The second-order valence-electron chi connectivity index (χ2n) is 5.96. The van der Waals surface area contributed by atoms with Crippen LogP contribution in [0, 0.1) is 6.92 Å². The third-order valence-electron chi connectivity index (χ3n) is 3.89. The molecule has 0 fully saturated rings. The molecular weight excluding hydrogens is 383 g/mol. The van der Waals surface area contributed by atoms with Gasteiger partial charge in [0.05, 0.1) is 0 Å². The van der Waals surface area contributed by atoms with Crippen molar-refractivity contribution in [3.05, 3.63) is 93.5 Å². The molecule has 2 amide bonds. The van der Waals surface area contributed by atoms with Crippen molar-refractivity contribution in [3.8, 4) is 0 Å². The van der Waals surface area contributed by atoms with Crippen LogP contribution in [0.4, 0.5) is 11.4 Å². The first kappa shape index (κ1) is 19.0. The molecule has 0 aliphatic heterocycles. The molecule has 0 atom stereocenters. The van der Waals surface area contributed by atoms with Crippen LogP contribution in [0.2, 0.25) is 10.0 Å². The summed E-state index contributed by atoms with van der Waals surface area (Å²) in [5.41, 5.74) is 3.04. The Labute approximate surface area is 167 Å². The van der Waals surface area contributed by atoms with Gasteiger partial charge in [-0.25, -0.2) is 0 Å². The molecule has 0 aromatic heterocycles. The van der Waals surface area contributed by atoms with Gasteiger partial charge in [0.1, 0.15) is 0 Å². The molecule has 3 aromatic rings. The number of hydrogen-bond acceptors (Lipinski definition) is 2. The highest BCUT2D eigenvalue weighted by molar-refractivity contribution is 6.35. The minimum atomic E-state index is -0.320. The van der Waals surface area contributed by atoms with Crippen molar-refractivity contribution in [1.82, 2.24) is 0 Å². The molecule has 0 radical (unpaired) electrons. The maximum Gasteiger partial charge on any atom is 0.255 e. The minimum Gasteiger partial charge on any atom is -0.322 e. The lowest BCUT2D eigenvalue weighted by Crippen LogP contribution is -2.14. The van der Waals surface area contributed by atoms with Crippen molar-refractivity contribution in [2.24, 2.45) is 0 Å². The molecule has 0 aliphatic carbocycles. The van der Waals surface area contributed by atoms with E-state index in [0.717, 1.165) is 5.56 Å². The van der Waals surface area contributed by atoms with Gasteiger partial charge in [-0.1, -0.05) is 41.4 Å². The third kappa shape index (κ3) is 4.88. The zero-order chi connectivity index (χ0) is 19.4. The smallest absolute Gasteiger partial charge is 0.255 e. The topological polar surface area (TPSA) is 58.2 Å². The van der Waals surface area contributed by atoms with Crippen LogP contribution >= 0.6 is 23.2 Å². The van der Waals surface area contributed by atoms with Crippen LogP contribution in [0.15, 0.2) is 66.7 Å². The van der Waals surface area contributed by atoms with Crippen LogP contribution in [0.1, 0.15) is 26.3 Å². The first-order valence-electron chi connectivity index (χ1n) is 8.17. The van der Waals surface area contributed by atoms with E-state index in [9.17, 15) is 9.59 Å². The Morgan fingerprint density at radius 1 is 0.741 bits per heavy atom. The average Bonchev–Trinajstić information content (AvgIpc) is 2.64. The number of amides is 2. The summed E-state index contributed by atoms with van der Waals surface area (Å²) in [6.45, 7) is 1.85. The average molecular weight is 399 g/mol. The molecule has 27 heavy (non-hydrogen) atoms. The summed E-state index contributed by atoms with van der Waals surface area (Å²) in [5.74, 6) is -0.510. The van der Waals surface area contributed by atoms with Crippen LogP contribution in [0.5, 0.6) is 0 Å². The Hall–Kier alpha value is -2.82. The van der Waals surface area contributed by atoms with E-state index in [2.05, 4.69) is 10.6 Å². The molecule has 0 bridgehead atoms. The summed E-state index contributed by atoms with van der Waals surface area (Å²) >= 11 is 11.9. The van der Waals surface area contributed by atoms with Crippen molar-refractivity contribution >= 4 is 46.4 Å². The second-order valence-corrected chi connectivity index (χ2v) is 6.83. The first-order valence-corrected chi connectivity index (χ1v) is 8.92. The molecule has 0 spiro atoms. The van der Waals surface area contributed by atoms with Gasteiger partial charge >= 0.3 is 0 Å². The number of benzene rings is 3. The van der Waals surface area contributed by atoms with Crippen molar-refractivity contribution < 1.29 is 9.59 Å². The van der Waals surface area contributed by atoms with Crippen molar-refractivity contribution in [3.63, 3.8) is 0 Å². The maximum absolute atomic E-state index is 12.4. The molecule has 0 saturated carbocycles. The number of aryl methyl sites for hydroxylation is 1. The SMILES string of the molecule is Cc1cc(NC(=O)c2cc(Cl)cc(Cl)c2)ccc1NC(=O)c1ccccc1. The second kappa shape index (κ2) is 8.25. The molecule has 136 valence electrons. The fourth-order valence-corrected chi connectivity index (χ4v) is 3.08. The van der Waals surface area contributed by atoms with E-state index in [-0.39, 0.29) is 11.8 Å². The summed E-state index contributed by atoms with van der Waals surface area (Å²) in [5, 5.41) is 6.45.